The van der Waals surface area contributed by atoms with Gasteiger partial charge in [-0.3, -0.25) is 25.2 Å². The number of halogens is 1. The van der Waals surface area contributed by atoms with Crippen LogP contribution in [0.5, 0.6) is 0 Å². The topological polar surface area (TPSA) is 87.3 Å². The van der Waals surface area contributed by atoms with E-state index in [0.29, 0.717) is 5.56 Å². The second-order valence-corrected chi connectivity index (χ2v) is 4.79. The van der Waals surface area contributed by atoms with Crippen LogP contribution in [0.15, 0.2) is 28.7 Å². The van der Waals surface area contributed by atoms with Crippen LogP contribution in [0.2, 0.25) is 0 Å². The third-order valence-electron chi connectivity index (χ3n) is 2.22. The van der Waals surface area contributed by atoms with E-state index in [0.717, 1.165) is 4.47 Å². The fourth-order valence-electron chi connectivity index (χ4n) is 1.27. The van der Waals surface area contributed by atoms with Gasteiger partial charge < -0.3 is 5.32 Å². The highest BCUT2D eigenvalue weighted by molar-refractivity contribution is 9.10. The molecule has 1 atom stereocenters. The first-order valence-electron chi connectivity index (χ1n) is 5.53. The Hall–Kier alpha value is -1.89. The van der Waals surface area contributed by atoms with Gasteiger partial charge in [-0.25, -0.2) is 0 Å². The number of carbonyl (C=O) groups excluding carboxylic acids is 3. The second kappa shape index (κ2) is 6.89. The van der Waals surface area contributed by atoms with Crippen molar-refractivity contribution in [2.24, 2.45) is 0 Å². The highest BCUT2D eigenvalue weighted by Crippen LogP contribution is 2.09. The highest BCUT2D eigenvalue weighted by Gasteiger charge is 2.14. The molecule has 0 heterocycles. The molecule has 0 aromatic heterocycles. The van der Waals surface area contributed by atoms with Gasteiger partial charge in [0.2, 0.25) is 5.91 Å². The Bertz CT molecular complexity index is 487. The van der Waals surface area contributed by atoms with Crippen molar-refractivity contribution in [2.45, 2.75) is 19.9 Å². The minimum absolute atomic E-state index is 0.318. The van der Waals surface area contributed by atoms with Crippen LogP contribution in [-0.2, 0) is 9.59 Å². The van der Waals surface area contributed by atoms with Crippen LogP contribution in [0.3, 0.4) is 0 Å². The van der Waals surface area contributed by atoms with Gasteiger partial charge in [-0.2, -0.15) is 0 Å². The molecular weight excluding hydrogens is 314 g/mol. The van der Waals surface area contributed by atoms with Crippen LogP contribution >= 0.6 is 15.9 Å². The number of nitrogens with one attached hydrogen (secondary N) is 3. The zero-order valence-corrected chi connectivity index (χ0v) is 12.1. The summed E-state index contributed by atoms with van der Waals surface area (Å²) in [6.45, 7) is 2.83. The first kappa shape index (κ1) is 15.2. The molecule has 19 heavy (non-hydrogen) atoms. The molecule has 0 fully saturated rings. The SMILES string of the molecule is CC(=O)NC(C)C(=O)NNC(=O)c1ccc(Br)cc1. The van der Waals surface area contributed by atoms with Gasteiger partial charge in [0.05, 0.1) is 0 Å². The lowest BCUT2D eigenvalue weighted by atomic mass is 10.2. The second-order valence-electron chi connectivity index (χ2n) is 3.87. The third kappa shape index (κ3) is 5.09. The van der Waals surface area contributed by atoms with Crippen LogP contribution in [0.1, 0.15) is 24.2 Å². The maximum atomic E-state index is 11.7. The summed E-state index contributed by atoms with van der Waals surface area (Å²) >= 11 is 3.26. The van der Waals surface area contributed by atoms with E-state index in [2.05, 4.69) is 32.1 Å². The Balaban J connectivity index is 2.48. The summed E-state index contributed by atoms with van der Waals surface area (Å²) in [6.07, 6.45) is 0. The van der Waals surface area contributed by atoms with Crippen LogP contribution in [0, 0.1) is 0 Å². The van der Waals surface area contributed by atoms with E-state index < -0.39 is 17.9 Å². The Morgan fingerprint density at radius 3 is 2.21 bits per heavy atom. The summed E-state index contributed by atoms with van der Waals surface area (Å²) in [5.74, 6) is -1.25. The average Bonchev–Trinajstić information content (AvgIpc) is 2.35. The van der Waals surface area contributed by atoms with E-state index in [1.54, 1.807) is 24.3 Å². The van der Waals surface area contributed by atoms with Gasteiger partial charge in [0.15, 0.2) is 0 Å². The van der Waals surface area contributed by atoms with Crippen LogP contribution in [-0.4, -0.2) is 23.8 Å². The first-order valence-corrected chi connectivity index (χ1v) is 6.32. The number of hydrogen-bond acceptors (Lipinski definition) is 3. The Morgan fingerprint density at radius 2 is 1.68 bits per heavy atom. The molecule has 3 amide bonds. The third-order valence-corrected chi connectivity index (χ3v) is 2.75. The maximum Gasteiger partial charge on any atom is 0.269 e. The van der Waals surface area contributed by atoms with Gasteiger partial charge in [-0.05, 0) is 31.2 Å². The van der Waals surface area contributed by atoms with E-state index in [9.17, 15) is 14.4 Å². The minimum atomic E-state index is -0.720. The molecule has 7 heteroatoms. The zero-order chi connectivity index (χ0) is 14.4. The number of hydrogen-bond donors (Lipinski definition) is 3. The minimum Gasteiger partial charge on any atom is -0.345 e. The first-order chi connectivity index (χ1) is 8.90. The van der Waals surface area contributed by atoms with E-state index in [1.807, 2.05) is 0 Å². The van der Waals surface area contributed by atoms with Gasteiger partial charge in [0.1, 0.15) is 6.04 Å². The molecule has 0 saturated heterocycles. The van der Waals surface area contributed by atoms with Crippen molar-refractivity contribution in [1.29, 1.82) is 0 Å². The van der Waals surface area contributed by atoms with Crippen molar-refractivity contribution in [3.8, 4) is 0 Å². The molecule has 1 aromatic carbocycles. The maximum absolute atomic E-state index is 11.7. The smallest absolute Gasteiger partial charge is 0.269 e. The van der Waals surface area contributed by atoms with Gasteiger partial charge in [0.25, 0.3) is 11.8 Å². The van der Waals surface area contributed by atoms with Crippen molar-refractivity contribution in [3.05, 3.63) is 34.3 Å². The predicted octanol–water partition coefficient (Wildman–Crippen LogP) is 0.735. The molecule has 0 bridgehead atoms. The standard InChI is InChI=1S/C12H14BrN3O3/c1-7(14-8(2)17)11(18)15-16-12(19)9-3-5-10(13)6-4-9/h3-7H,1-2H3,(H,14,17)(H,15,18)(H,16,19). The van der Waals surface area contributed by atoms with Gasteiger partial charge >= 0.3 is 0 Å². The normalized spacial score (nSPS) is 11.3. The molecule has 1 unspecified atom stereocenters. The molecule has 0 aliphatic rings. The Morgan fingerprint density at radius 1 is 1.11 bits per heavy atom. The van der Waals surface area contributed by atoms with Crippen molar-refractivity contribution in [1.82, 2.24) is 16.2 Å². The number of amides is 3. The molecule has 6 nitrogen and oxygen atoms in total. The molecule has 0 aliphatic carbocycles. The lowest BCUT2D eigenvalue weighted by molar-refractivity contribution is -0.128. The molecule has 102 valence electrons. The quantitative estimate of drug-likeness (QED) is 0.715. The van der Waals surface area contributed by atoms with Gasteiger partial charge in [0, 0.05) is 17.0 Å². The van der Waals surface area contributed by atoms with Crippen LogP contribution in [0.25, 0.3) is 0 Å². The molecule has 0 radical (unpaired) electrons. The Kier molecular flexibility index (Phi) is 5.50. The van der Waals surface area contributed by atoms with E-state index in [1.165, 1.54) is 13.8 Å². The average molecular weight is 328 g/mol. The van der Waals surface area contributed by atoms with Crippen molar-refractivity contribution >= 4 is 33.7 Å². The van der Waals surface area contributed by atoms with Crippen molar-refractivity contribution in [3.63, 3.8) is 0 Å². The van der Waals surface area contributed by atoms with Crippen molar-refractivity contribution in [2.75, 3.05) is 0 Å². The summed E-state index contributed by atoms with van der Waals surface area (Å²) in [7, 11) is 0. The number of hydrazine groups is 1. The number of benzene rings is 1. The highest BCUT2D eigenvalue weighted by atomic mass is 79.9. The lowest BCUT2D eigenvalue weighted by Gasteiger charge is -2.13. The van der Waals surface area contributed by atoms with E-state index in [-0.39, 0.29) is 5.91 Å². The van der Waals surface area contributed by atoms with Crippen LogP contribution < -0.4 is 16.2 Å². The summed E-state index contributed by atoms with van der Waals surface area (Å²) in [5, 5.41) is 2.41. The summed E-state index contributed by atoms with van der Waals surface area (Å²) in [5.41, 5.74) is 4.92. The Labute approximate surface area is 119 Å². The molecule has 0 spiro atoms. The van der Waals surface area contributed by atoms with Gasteiger partial charge in [-0.1, -0.05) is 15.9 Å². The van der Waals surface area contributed by atoms with Crippen LogP contribution in [0.4, 0.5) is 0 Å². The summed E-state index contributed by atoms with van der Waals surface area (Å²) < 4.78 is 0.854. The monoisotopic (exact) mass is 327 g/mol. The van der Waals surface area contributed by atoms with Gasteiger partial charge in [-0.15, -0.1) is 0 Å². The molecule has 0 saturated carbocycles. The van der Waals surface area contributed by atoms with Crippen molar-refractivity contribution < 1.29 is 14.4 Å². The molecule has 1 rings (SSSR count). The fraction of sp³-hybridized carbons (Fsp3) is 0.250. The number of carbonyl (C=O) groups is 3. The molecule has 1 aromatic rings. The predicted molar refractivity (Wildman–Crippen MR) is 73.0 cm³/mol. The fourth-order valence-corrected chi connectivity index (χ4v) is 1.53. The number of rotatable bonds is 3. The zero-order valence-electron chi connectivity index (χ0n) is 10.5. The lowest BCUT2D eigenvalue weighted by Crippen LogP contribution is -2.50. The van der Waals surface area contributed by atoms with E-state index >= 15 is 0 Å². The summed E-state index contributed by atoms with van der Waals surface area (Å²) in [4.78, 5) is 34.0. The molecular formula is C12H14BrN3O3. The largest absolute Gasteiger partial charge is 0.345 e. The van der Waals surface area contributed by atoms with E-state index in [4.69, 9.17) is 0 Å². The summed E-state index contributed by atoms with van der Waals surface area (Å²) in [6, 6.07) is 5.95. The molecule has 0 aliphatic heterocycles. The molecule has 3 N–H and O–H groups in total.